The van der Waals surface area contributed by atoms with Crippen LogP contribution in [0.25, 0.3) is 22.2 Å². The number of hydrogen-bond donors (Lipinski definition) is 1. The third-order valence-corrected chi connectivity index (χ3v) is 5.51. The third-order valence-electron chi connectivity index (χ3n) is 4.77. The first-order valence-corrected chi connectivity index (χ1v) is 10.0. The lowest BCUT2D eigenvalue weighted by molar-refractivity contribution is -0.384. The van der Waals surface area contributed by atoms with Crippen LogP contribution < -0.4 is 5.32 Å². The summed E-state index contributed by atoms with van der Waals surface area (Å²) in [6, 6.07) is 18.6. The van der Waals surface area contributed by atoms with Gasteiger partial charge in [0.15, 0.2) is 0 Å². The molecule has 6 nitrogen and oxygen atoms in total. The highest BCUT2D eigenvalue weighted by atomic mass is 35.5. The summed E-state index contributed by atoms with van der Waals surface area (Å²) in [4.78, 5) is 28.7. The van der Waals surface area contributed by atoms with E-state index < -0.39 is 10.8 Å². The van der Waals surface area contributed by atoms with E-state index in [-0.39, 0.29) is 11.4 Å². The van der Waals surface area contributed by atoms with Gasteiger partial charge in [0.05, 0.1) is 31.7 Å². The average molecular weight is 452 g/mol. The Kier molecular flexibility index (Phi) is 5.59. The van der Waals surface area contributed by atoms with E-state index in [0.717, 1.165) is 5.56 Å². The molecule has 3 aromatic carbocycles. The smallest absolute Gasteiger partial charge is 0.293 e. The van der Waals surface area contributed by atoms with Gasteiger partial charge in [-0.1, -0.05) is 53.5 Å². The standard InChI is InChI=1S/C23H15Cl2N3O3/c1-13-6-9-20(22(10-13)28(30)31)27-23(29)16-12-21(14-7-8-17(24)18(25)11-14)26-19-5-3-2-4-15(16)19/h2-12H,1H3,(H,27,29). The lowest BCUT2D eigenvalue weighted by Crippen LogP contribution is -2.14. The van der Waals surface area contributed by atoms with Crippen molar-refractivity contribution in [1.29, 1.82) is 0 Å². The van der Waals surface area contributed by atoms with Crippen LogP contribution in [-0.2, 0) is 0 Å². The zero-order valence-electron chi connectivity index (χ0n) is 16.2. The molecule has 0 atom stereocenters. The first-order chi connectivity index (χ1) is 14.8. The van der Waals surface area contributed by atoms with Crippen molar-refractivity contribution in [2.24, 2.45) is 0 Å². The number of anilines is 1. The van der Waals surface area contributed by atoms with E-state index in [2.05, 4.69) is 10.3 Å². The number of nitrogens with one attached hydrogen (secondary N) is 1. The van der Waals surface area contributed by atoms with Gasteiger partial charge in [-0.15, -0.1) is 0 Å². The molecule has 4 rings (SSSR count). The largest absolute Gasteiger partial charge is 0.316 e. The van der Waals surface area contributed by atoms with Gasteiger partial charge in [-0.05, 0) is 42.8 Å². The van der Waals surface area contributed by atoms with Gasteiger partial charge in [0, 0.05) is 17.0 Å². The van der Waals surface area contributed by atoms with Gasteiger partial charge < -0.3 is 5.32 Å². The molecule has 8 heteroatoms. The van der Waals surface area contributed by atoms with Gasteiger partial charge in [-0.2, -0.15) is 0 Å². The number of carbonyl (C=O) groups is 1. The Morgan fingerprint density at radius 3 is 2.52 bits per heavy atom. The summed E-state index contributed by atoms with van der Waals surface area (Å²) in [6.07, 6.45) is 0. The molecule has 0 radical (unpaired) electrons. The maximum Gasteiger partial charge on any atom is 0.293 e. The van der Waals surface area contributed by atoms with Gasteiger partial charge in [0.1, 0.15) is 5.69 Å². The molecule has 0 bridgehead atoms. The summed E-state index contributed by atoms with van der Waals surface area (Å²) in [5.41, 5.74) is 2.84. The first-order valence-electron chi connectivity index (χ1n) is 9.25. The topological polar surface area (TPSA) is 85.1 Å². The summed E-state index contributed by atoms with van der Waals surface area (Å²) >= 11 is 12.2. The molecule has 0 aliphatic rings. The van der Waals surface area contributed by atoms with Crippen LogP contribution in [0, 0.1) is 17.0 Å². The quantitative estimate of drug-likeness (QED) is 0.277. The Morgan fingerprint density at radius 1 is 1.00 bits per heavy atom. The molecule has 4 aromatic rings. The number of nitro groups is 1. The molecular weight excluding hydrogens is 437 g/mol. The molecule has 0 aliphatic heterocycles. The van der Waals surface area contributed by atoms with Crippen molar-refractivity contribution in [3.05, 3.63) is 98.0 Å². The number of hydrogen-bond acceptors (Lipinski definition) is 4. The van der Waals surface area contributed by atoms with Crippen LogP contribution in [0.5, 0.6) is 0 Å². The van der Waals surface area contributed by atoms with E-state index in [0.29, 0.717) is 37.8 Å². The lowest BCUT2D eigenvalue weighted by Gasteiger charge is -2.11. The maximum atomic E-state index is 13.2. The molecule has 0 spiro atoms. The van der Waals surface area contributed by atoms with Crippen molar-refractivity contribution in [3.63, 3.8) is 0 Å². The number of benzene rings is 3. The van der Waals surface area contributed by atoms with Gasteiger partial charge in [-0.25, -0.2) is 4.98 Å². The molecule has 1 amide bonds. The minimum atomic E-state index is -0.519. The molecule has 0 saturated carbocycles. The second kappa shape index (κ2) is 8.34. The summed E-state index contributed by atoms with van der Waals surface area (Å²) in [5.74, 6) is -0.480. The van der Waals surface area contributed by atoms with E-state index in [1.54, 1.807) is 55.5 Å². The number of aromatic nitrogens is 1. The van der Waals surface area contributed by atoms with Crippen LogP contribution in [0.3, 0.4) is 0 Å². The molecule has 0 aliphatic carbocycles. The predicted octanol–water partition coefficient (Wildman–Crippen LogP) is 6.68. The normalized spacial score (nSPS) is 10.8. The average Bonchev–Trinajstić information content (AvgIpc) is 2.75. The number of pyridine rings is 1. The Hall–Kier alpha value is -3.48. The van der Waals surface area contributed by atoms with Crippen LogP contribution in [-0.4, -0.2) is 15.8 Å². The molecule has 1 N–H and O–H groups in total. The van der Waals surface area contributed by atoms with Crippen molar-refractivity contribution in [2.45, 2.75) is 6.92 Å². The van der Waals surface area contributed by atoms with E-state index >= 15 is 0 Å². The molecular formula is C23H15Cl2N3O3. The summed E-state index contributed by atoms with van der Waals surface area (Å²) < 4.78 is 0. The highest BCUT2D eigenvalue weighted by Gasteiger charge is 2.19. The van der Waals surface area contributed by atoms with E-state index in [9.17, 15) is 14.9 Å². The van der Waals surface area contributed by atoms with Crippen LogP contribution >= 0.6 is 23.2 Å². The summed E-state index contributed by atoms with van der Waals surface area (Å²) in [7, 11) is 0. The minimum absolute atomic E-state index is 0.123. The van der Waals surface area contributed by atoms with Gasteiger partial charge >= 0.3 is 0 Å². The number of fused-ring (bicyclic) bond motifs is 1. The molecule has 154 valence electrons. The number of nitro benzene ring substituents is 1. The second-order valence-electron chi connectivity index (χ2n) is 6.93. The minimum Gasteiger partial charge on any atom is -0.316 e. The monoisotopic (exact) mass is 451 g/mol. The molecule has 0 unspecified atom stereocenters. The summed E-state index contributed by atoms with van der Waals surface area (Å²) in [5, 5.41) is 15.5. The van der Waals surface area contributed by atoms with E-state index in [1.165, 1.54) is 12.1 Å². The van der Waals surface area contributed by atoms with Crippen molar-refractivity contribution in [1.82, 2.24) is 4.98 Å². The second-order valence-corrected chi connectivity index (χ2v) is 7.75. The van der Waals surface area contributed by atoms with Crippen LogP contribution in [0.2, 0.25) is 10.0 Å². The number of amides is 1. The van der Waals surface area contributed by atoms with Crippen molar-refractivity contribution in [3.8, 4) is 11.3 Å². The van der Waals surface area contributed by atoms with Crippen molar-refractivity contribution < 1.29 is 9.72 Å². The van der Waals surface area contributed by atoms with Crippen LogP contribution in [0.4, 0.5) is 11.4 Å². The fourth-order valence-electron chi connectivity index (χ4n) is 3.25. The number of nitrogens with zero attached hydrogens (tertiary/aromatic N) is 2. The zero-order valence-corrected chi connectivity index (χ0v) is 17.7. The predicted molar refractivity (Wildman–Crippen MR) is 123 cm³/mol. The fraction of sp³-hybridized carbons (Fsp3) is 0.0435. The number of aryl methyl sites for hydroxylation is 1. The third kappa shape index (κ3) is 4.21. The van der Waals surface area contributed by atoms with E-state index in [1.807, 2.05) is 6.07 Å². The highest BCUT2D eigenvalue weighted by molar-refractivity contribution is 6.42. The van der Waals surface area contributed by atoms with Crippen LogP contribution in [0.1, 0.15) is 15.9 Å². The Balaban J connectivity index is 1.82. The highest BCUT2D eigenvalue weighted by Crippen LogP contribution is 2.31. The van der Waals surface area contributed by atoms with Gasteiger partial charge in [-0.3, -0.25) is 14.9 Å². The SMILES string of the molecule is Cc1ccc(NC(=O)c2cc(-c3ccc(Cl)c(Cl)c3)nc3ccccc23)c([N+](=O)[O-])c1. The number of rotatable bonds is 4. The Morgan fingerprint density at radius 2 is 1.77 bits per heavy atom. The first kappa shape index (κ1) is 20.8. The fourth-order valence-corrected chi connectivity index (χ4v) is 3.55. The molecule has 31 heavy (non-hydrogen) atoms. The Labute approximate surface area is 187 Å². The zero-order chi connectivity index (χ0) is 22.1. The molecule has 0 saturated heterocycles. The molecule has 1 heterocycles. The number of para-hydroxylation sites is 1. The van der Waals surface area contributed by atoms with Crippen molar-refractivity contribution >= 4 is 51.4 Å². The Bertz CT molecular complexity index is 1360. The van der Waals surface area contributed by atoms with Crippen LogP contribution in [0.15, 0.2) is 66.7 Å². The molecule has 1 aromatic heterocycles. The van der Waals surface area contributed by atoms with Gasteiger partial charge in [0.25, 0.3) is 11.6 Å². The number of halogens is 2. The van der Waals surface area contributed by atoms with Gasteiger partial charge in [0.2, 0.25) is 0 Å². The lowest BCUT2D eigenvalue weighted by atomic mass is 10.0. The molecule has 0 fully saturated rings. The van der Waals surface area contributed by atoms with E-state index in [4.69, 9.17) is 23.2 Å². The number of carbonyl (C=O) groups excluding carboxylic acids is 1. The van der Waals surface area contributed by atoms with Crippen molar-refractivity contribution in [2.75, 3.05) is 5.32 Å². The summed E-state index contributed by atoms with van der Waals surface area (Å²) in [6.45, 7) is 1.75. The maximum absolute atomic E-state index is 13.2.